The molecular weight excluding hydrogens is 622 g/mol. The molecule has 0 saturated carbocycles. The van der Waals surface area contributed by atoms with E-state index < -0.39 is 30.0 Å². The molecule has 0 aliphatic rings. The Bertz CT molecular complexity index is 772. The summed E-state index contributed by atoms with van der Waals surface area (Å²) in [5.41, 5.74) is 0. The summed E-state index contributed by atoms with van der Waals surface area (Å²) < 4.78 is 5.58. The summed E-state index contributed by atoms with van der Waals surface area (Å²) in [7, 11) is 0. The van der Waals surface area contributed by atoms with E-state index in [0.29, 0.717) is 12.8 Å². The van der Waals surface area contributed by atoms with Crippen LogP contribution in [0.4, 0.5) is 0 Å². The average Bonchev–Trinajstić information content (AvgIpc) is 3.09. The number of esters is 1. The highest BCUT2D eigenvalue weighted by atomic mass is 16.5. The molecule has 0 rings (SSSR count). The molecule has 0 aliphatic carbocycles. The van der Waals surface area contributed by atoms with Crippen LogP contribution < -0.4 is 5.32 Å². The van der Waals surface area contributed by atoms with E-state index in [9.17, 15) is 19.5 Å². The van der Waals surface area contributed by atoms with Crippen LogP contribution in [0, 0.1) is 0 Å². The molecule has 0 aliphatic heterocycles. The molecule has 0 aromatic rings. The van der Waals surface area contributed by atoms with Gasteiger partial charge in [0, 0.05) is 13.3 Å². The molecule has 0 aromatic heterocycles. The van der Waals surface area contributed by atoms with Crippen molar-refractivity contribution < 1.29 is 24.2 Å². The predicted octanol–water partition coefficient (Wildman–Crippen LogP) is 12.7. The first-order chi connectivity index (χ1) is 24.3. The fraction of sp³-hybridized carbons (Fsp3) is 0.932. The number of Topliss-reactive ketones (excluding diaryl/α,β-unsaturated/α-hetero) is 1. The molecule has 2 N–H and O–H groups in total. The van der Waals surface area contributed by atoms with E-state index in [1.807, 2.05) is 0 Å². The van der Waals surface area contributed by atoms with Gasteiger partial charge in [0.2, 0.25) is 5.91 Å². The van der Waals surface area contributed by atoms with Crippen molar-refractivity contribution in [1.82, 2.24) is 5.32 Å². The minimum absolute atomic E-state index is 0.190. The van der Waals surface area contributed by atoms with Crippen LogP contribution in [-0.4, -0.2) is 41.0 Å². The summed E-state index contributed by atoms with van der Waals surface area (Å²) in [6.45, 7) is 7.20. The third-order valence-corrected chi connectivity index (χ3v) is 10.4. The third kappa shape index (κ3) is 32.5. The highest BCUT2D eigenvalue weighted by Gasteiger charge is 2.34. The van der Waals surface area contributed by atoms with Gasteiger partial charge in [-0.2, -0.15) is 0 Å². The van der Waals surface area contributed by atoms with Crippen LogP contribution in [0.3, 0.4) is 0 Å². The topological polar surface area (TPSA) is 92.7 Å². The lowest BCUT2D eigenvalue weighted by Crippen LogP contribution is -2.54. The van der Waals surface area contributed by atoms with Gasteiger partial charge >= 0.3 is 5.97 Å². The maximum Gasteiger partial charge on any atom is 0.302 e. The van der Waals surface area contributed by atoms with Crippen LogP contribution in [0.2, 0.25) is 0 Å². The summed E-state index contributed by atoms with van der Waals surface area (Å²) in [6.07, 6.45) is 39.7. The first kappa shape index (κ1) is 48.6. The number of carbonyl (C=O) groups excluding carboxylic acids is 3. The largest absolute Gasteiger partial charge is 0.460 e. The van der Waals surface area contributed by atoms with E-state index in [1.165, 1.54) is 181 Å². The molecular formula is C44H85NO5. The van der Waals surface area contributed by atoms with Crippen molar-refractivity contribution in [3.8, 4) is 0 Å². The van der Waals surface area contributed by atoms with Crippen molar-refractivity contribution in [1.29, 1.82) is 0 Å². The zero-order chi connectivity index (χ0) is 36.9. The van der Waals surface area contributed by atoms with Crippen LogP contribution in [0.15, 0.2) is 0 Å². The van der Waals surface area contributed by atoms with Crippen molar-refractivity contribution in [3.63, 3.8) is 0 Å². The monoisotopic (exact) mass is 708 g/mol. The van der Waals surface area contributed by atoms with Gasteiger partial charge in [0.1, 0.15) is 12.2 Å². The summed E-state index contributed by atoms with van der Waals surface area (Å²) in [6, 6.07) is -0.915. The summed E-state index contributed by atoms with van der Waals surface area (Å²) in [5.74, 6) is -1.08. The third-order valence-electron chi connectivity index (χ3n) is 10.4. The minimum atomic E-state index is -1.39. The molecule has 6 heteroatoms. The maximum absolute atomic E-state index is 12.9. The molecule has 0 radical (unpaired) electrons. The zero-order valence-corrected chi connectivity index (χ0v) is 33.9. The number of unbranched alkanes of at least 4 members (excludes halogenated alkanes) is 30. The summed E-state index contributed by atoms with van der Waals surface area (Å²) in [5, 5.41) is 13.6. The predicted molar refractivity (Wildman–Crippen MR) is 212 cm³/mol. The molecule has 0 heterocycles. The molecule has 3 atom stereocenters. The molecule has 50 heavy (non-hydrogen) atoms. The Balaban J connectivity index is 4.17. The van der Waals surface area contributed by atoms with Gasteiger partial charge in [-0.15, -0.1) is 0 Å². The maximum atomic E-state index is 12.9. The van der Waals surface area contributed by atoms with Crippen molar-refractivity contribution in [2.24, 2.45) is 0 Å². The van der Waals surface area contributed by atoms with Crippen molar-refractivity contribution >= 4 is 17.7 Å². The van der Waals surface area contributed by atoms with Crippen LogP contribution in [0.5, 0.6) is 0 Å². The first-order valence-electron chi connectivity index (χ1n) is 22.0. The van der Waals surface area contributed by atoms with Gasteiger partial charge in [-0.25, -0.2) is 0 Å². The Morgan fingerprint density at radius 2 is 0.780 bits per heavy atom. The van der Waals surface area contributed by atoms with E-state index in [-0.39, 0.29) is 5.91 Å². The SMILES string of the molecule is CCCCCCCCCCCCCCCCCCCC(OC(C)=O)C(NC(=O)CCCCCCCCCCCCCCCCC)C(O)C(C)=O. The van der Waals surface area contributed by atoms with Crippen molar-refractivity contribution in [2.45, 2.75) is 264 Å². The number of aliphatic hydroxyl groups excluding tert-OH is 1. The molecule has 0 aromatic carbocycles. The smallest absolute Gasteiger partial charge is 0.302 e. The van der Waals surface area contributed by atoms with Crippen molar-refractivity contribution in [3.05, 3.63) is 0 Å². The van der Waals surface area contributed by atoms with Gasteiger partial charge in [0.15, 0.2) is 5.78 Å². The summed E-state index contributed by atoms with van der Waals surface area (Å²) >= 11 is 0. The molecule has 296 valence electrons. The number of amides is 1. The Morgan fingerprint density at radius 1 is 0.480 bits per heavy atom. The standard InChI is InChI=1S/C44H85NO5/c1-5-7-9-11-13-15-17-19-21-22-24-25-27-29-31-33-35-37-41(50-40(4)47)43(44(49)39(3)46)45-42(48)38-36-34-32-30-28-26-23-20-18-16-14-12-10-8-6-2/h41,43-44,49H,5-38H2,1-4H3,(H,45,48). The lowest BCUT2D eigenvalue weighted by atomic mass is 9.96. The van der Waals surface area contributed by atoms with E-state index >= 15 is 0 Å². The second kappa shape index (κ2) is 37.3. The number of hydrogen-bond donors (Lipinski definition) is 2. The molecule has 0 fully saturated rings. The summed E-state index contributed by atoms with van der Waals surface area (Å²) in [4.78, 5) is 37.0. The zero-order valence-electron chi connectivity index (χ0n) is 33.9. The number of ether oxygens (including phenoxy) is 1. The van der Waals surface area contributed by atoms with Crippen molar-refractivity contribution in [2.75, 3.05) is 0 Å². The number of aliphatic hydroxyl groups is 1. The van der Waals surface area contributed by atoms with Crippen LogP contribution in [0.25, 0.3) is 0 Å². The number of carbonyl (C=O) groups is 3. The average molecular weight is 708 g/mol. The molecule has 0 bridgehead atoms. The fourth-order valence-corrected chi connectivity index (χ4v) is 7.14. The normalized spacial score (nSPS) is 13.2. The fourth-order valence-electron chi connectivity index (χ4n) is 7.14. The highest BCUT2D eigenvalue weighted by Crippen LogP contribution is 2.19. The first-order valence-corrected chi connectivity index (χ1v) is 22.0. The van der Waals surface area contributed by atoms with E-state index in [1.54, 1.807) is 0 Å². The molecule has 0 saturated heterocycles. The second-order valence-corrected chi connectivity index (χ2v) is 15.4. The molecule has 6 nitrogen and oxygen atoms in total. The molecule has 3 unspecified atom stereocenters. The number of rotatable bonds is 39. The van der Waals surface area contributed by atoms with Gasteiger partial charge in [0.25, 0.3) is 0 Å². The molecule has 0 spiro atoms. The van der Waals surface area contributed by atoms with Gasteiger partial charge in [-0.3, -0.25) is 14.4 Å². The van der Waals surface area contributed by atoms with Crippen LogP contribution >= 0.6 is 0 Å². The van der Waals surface area contributed by atoms with Crippen LogP contribution in [-0.2, 0) is 19.1 Å². The quantitative estimate of drug-likeness (QED) is 0.0490. The Hall–Kier alpha value is -1.43. The van der Waals surface area contributed by atoms with Crippen LogP contribution in [0.1, 0.15) is 246 Å². The number of hydrogen-bond acceptors (Lipinski definition) is 5. The number of nitrogens with one attached hydrogen (secondary N) is 1. The van der Waals surface area contributed by atoms with Gasteiger partial charge in [-0.1, -0.05) is 206 Å². The lowest BCUT2D eigenvalue weighted by Gasteiger charge is -2.30. The Kier molecular flexibility index (Phi) is 36.3. The van der Waals surface area contributed by atoms with E-state index in [0.717, 1.165) is 38.5 Å². The lowest BCUT2D eigenvalue weighted by molar-refractivity contribution is -0.153. The van der Waals surface area contributed by atoms with E-state index in [4.69, 9.17) is 4.74 Å². The number of ketones is 1. The van der Waals surface area contributed by atoms with E-state index in [2.05, 4.69) is 19.2 Å². The second-order valence-electron chi connectivity index (χ2n) is 15.4. The highest BCUT2D eigenvalue weighted by molar-refractivity contribution is 5.83. The molecule has 1 amide bonds. The van der Waals surface area contributed by atoms with Gasteiger partial charge in [-0.05, 0) is 26.2 Å². The Morgan fingerprint density at radius 3 is 1.08 bits per heavy atom. The minimum Gasteiger partial charge on any atom is -0.460 e. The van der Waals surface area contributed by atoms with Gasteiger partial charge in [0.05, 0.1) is 6.04 Å². The van der Waals surface area contributed by atoms with Gasteiger partial charge < -0.3 is 15.2 Å². The Labute approximate surface area is 310 Å².